The van der Waals surface area contributed by atoms with Crippen LogP contribution in [0.15, 0.2) is 12.4 Å². The van der Waals surface area contributed by atoms with Gasteiger partial charge in [-0.1, -0.05) is 0 Å². The fourth-order valence-corrected chi connectivity index (χ4v) is 2.26. The minimum atomic E-state index is -0.245. The van der Waals surface area contributed by atoms with Crippen LogP contribution in [0, 0.1) is 0 Å². The minimum absolute atomic E-state index is 0.245. The van der Waals surface area contributed by atoms with Crippen molar-refractivity contribution in [1.82, 2.24) is 9.97 Å². The standard InChI is InChI=1S/C11H15ClN2O/c1-15-11(4-2-3-5-11)10-13-7-9(6-12)8-14-10/h7-8H,2-6H2,1H3. The van der Waals surface area contributed by atoms with Gasteiger partial charge in [-0.2, -0.15) is 0 Å². The second-order valence-corrected chi connectivity index (χ2v) is 4.22. The molecule has 1 heterocycles. The predicted molar refractivity (Wildman–Crippen MR) is 58.7 cm³/mol. The smallest absolute Gasteiger partial charge is 0.160 e. The number of hydrogen-bond donors (Lipinski definition) is 0. The van der Waals surface area contributed by atoms with Gasteiger partial charge in [0.1, 0.15) is 5.60 Å². The summed E-state index contributed by atoms with van der Waals surface area (Å²) in [5, 5.41) is 0. The molecule has 82 valence electrons. The highest BCUT2D eigenvalue weighted by atomic mass is 35.5. The molecule has 2 rings (SSSR count). The molecule has 1 fully saturated rings. The molecule has 0 spiro atoms. The van der Waals surface area contributed by atoms with Crippen molar-refractivity contribution in [2.45, 2.75) is 37.2 Å². The van der Waals surface area contributed by atoms with Crippen LogP contribution in [-0.4, -0.2) is 17.1 Å². The van der Waals surface area contributed by atoms with Crippen LogP contribution in [-0.2, 0) is 16.2 Å². The van der Waals surface area contributed by atoms with Gasteiger partial charge in [-0.3, -0.25) is 0 Å². The van der Waals surface area contributed by atoms with Crippen molar-refractivity contribution >= 4 is 11.6 Å². The SMILES string of the molecule is COC1(c2ncc(CCl)cn2)CCCC1. The fourth-order valence-electron chi connectivity index (χ4n) is 2.12. The van der Waals surface area contributed by atoms with Crippen LogP contribution >= 0.6 is 11.6 Å². The Morgan fingerprint density at radius 1 is 1.33 bits per heavy atom. The molecule has 1 aliphatic rings. The van der Waals surface area contributed by atoms with Crippen molar-refractivity contribution in [3.63, 3.8) is 0 Å². The third-order valence-electron chi connectivity index (χ3n) is 3.07. The molecule has 0 amide bonds. The Balaban J connectivity index is 2.26. The molecule has 0 N–H and O–H groups in total. The average molecular weight is 227 g/mol. The van der Waals surface area contributed by atoms with E-state index in [0.717, 1.165) is 24.2 Å². The molecule has 1 aromatic rings. The first kappa shape index (κ1) is 10.8. The topological polar surface area (TPSA) is 35.0 Å². The van der Waals surface area contributed by atoms with Gasteiger partial charge in [0.15, 0.2) is 5.82 Å². The summed E-state index contributed by atoms with van der Waals surface area (Å²) >= 11 is 5.70. The highest BCUT2D eigenvalue weighted by molar-refractivity contribution is 6.17. The van der Waals surface area contributed by atoms with Gasteiger partial charge in [0.25, 0.3) is 0 Å². The third kappa shape index (κ3) is 1.99. The van der Waals surface area contributed by atoms with E-state index in [1.54, 1.807) is 19.5 Å². The molecule has 1 aromatic heterocycles. The van der Waals surface area contributed by atoms with E-state index in [9.17, 15) is 0 Å². The Morgan fingerprint density at radius 2 is 1.93 bits per heavy atom. The summed E-state index contributed by atoms with van der Waals surface area (Å²) < 4.78 is 5.60. The predicted octanol–water partition coefficient (Wildman–Crippen LogP) is 2.63. The number of alkyl halides is 1. The van der Waals surface area contributed by atoms with E-state index in [-0.39, 0.29) is 5.60 Å². The van der Waals surface area contributed by atoms with Crippen molar-refractivity contribution in [2.75, 3.05) is 7.11 Å². The largest absolute Gasteiger partial charge is 0.370 e. The van der Waals surface area contributed by atoms with Crippen LogP contribution in [0.4, 0.5) is 0 Å². The number of hydrogen-bond acceptors (Lipinski definition) is 3. The second kappa shape index (κ2) is 4.45. The zero-order chi connectivity index (χ0) is 10.7. The van der Waals surface area contributed by atoms with Gasteiger partial charge in [-0.15, -0.1) is 11.6 Å². The Labute approximate surface area is 94.8 Å². The molecule has 1 aliphatic carbocycles. The lowest BCUT2D eigenvalue weighted by molar-refractivity contribution is -0.0163. The van der Waals surface area contributed by atoms with Crippen LogP contribution in [0.5, 0.6) is 0 Å². The van der Waals surface area contributed by atoms with Crippen molar-refractivity contribution < 1.29 is 4.74 Å². The van der Waals surface area contributed by atoms with Crippen molar-refractivity contribution in [3.8, 4) is 0 Å². The molecule has 0 radical (unpaired) electrons. The number of aromatic nitrogens is 2. The summed E-state index contributed by atoms with van der Waals surface area (Å²) in [6.45, 7) is 0. The monoisotopic (exact) mass is 226 g/mol. The second-order valence-electron chi connectivity index (χ2n) is 3.95. The first-order valence-corrected chi connectivity index (χ1v) is 5.77. The normalized spacial score (nSPS) is 19.3. The first-order valence-electron chi connectivity index (χ1n) is 5.23. The fraction of sp³-hybridized carbons (Fsp3) is 0.636. The van der Waals surface area contributed by atoms with E-state index < -0.39 is 0 Å². The van der Waals surface area contributed by atoms with E-state index in [1.807, 2.05) is 0 Å². The molecular weight excluding hydrogens is 212 g/mol. The Kier molecular flexibility index (Phi) is 3.22. The van der Waals surface area contributed by atoms with Crippen LogP contribution in [0.1, 0.15) is 37.1 Å². The van der Waals surface area contributed by atoms with E-state index >= 15 is 0 Å². The van der Waals surface area contributed by atoms with Gasteiger partial charge in [0.05, 0.1) is 5.88 Å². The van der Waals surface area contributed by atoms with Crippen LogP contribution < -0.4 is 0 Å². The molecule has 0 saturated heterocycles. The quantitative estimate of drug-likeness (QED) is 0.744. The summed E-state index contributed by atoms with van der Waals surface area (Å²) in [5.41, 5.74) is 0.704. The number of methoxy groups -OCH3 is 1. The molecule has 4 heteroatoms. The molecule has 0 aliphatic heterocycles. The zero-order valence-electron chi connectivity index (χ0n) is 8.87. The maximum Gasteiger partial charge on any atom is 0.160 e. The average Bonchev–Trinajstić information content (AvgIpc) is 2.79. The Morgan fingerprint density at radius 3 is 2.40 bits per heavy atom. The van der Waals surface area contributed by atoms with Crippen molar-refractivity contribution in [2.24, 2.45) is 0 Å². The molecule has 15 heavy (non-hydrogen) atoms. The lowest BCUT2D eigenvalue weighted by atomic mass is 10.0. The van der Waals surface area contributed by atoms with E-state index in [2.05, 4.69) is 9.97 Å². The number of rotatable bonds is 3. The van der Waals surface area contributed by atoms with E-state index in [0.29, 0.717) is 5.88 Å². The molecule has 0 bridgehead atoms. The van der Waals surface area contributed by atoms with Gasteiger partial charge in [-0.05, 0) is 25.7 Å². The first-order chi connectivity index (χ1) is 7.30. The lowest BCUT2D eigenvalue weighted by Gasteiger charge is -2.25. The van der Waals surface area contributed by atoms with Gasteiger partial charge in [0.2, 0.25) is 0 Å². The third-order valence-corrected chi connectivity index (χ3v) is 3.38. The van der Waals surface area contributed by atoms with Crippen LogP contribution in [0.3, 0.4) is 0 Å². The molecule has 0 atom stereocenters. The number of nitrogens with zero attached hydrogens (tertiary/aromatic N) is 2. The van der Waals surface area contributed by atoms with Crippen molar-refractivity contribution in [1.29, 1.82) is 0 Å². The summed E-state index contributed by atoms with van der Waals surface area (Å²) in [6.07, 6.45) is 7.99. The van der Waals surface area contributed by atoms with Gasteiger partial charge >= 0.3 is 0 Å². The summed E-state index contributed by atoms with van der Waals surface area (Å²) in [5.74, 6) is 1.26. The molecule has 3 nitrogen and oxygen atoms in total. The lowest BCUT2D eigenvalue weighted by Crippen LogP contribution is -2.27. The summed E-state index contributed by atoms with van der Waals surface area (Å²) in [6, 6.07) is 0. The maximum atomic E-state index is 5.70. The molecule has 0 aromatic carbocycles. The summed E-state index contributed by atoms with van der Waals surface area (Å²) in [7, 11) is 1.74. The van der Waals surface area contributed by atoms with Crippen LogP contribution in [0.2, 0.25) is 0 Å². The molecule has 0 unspecified atom stereocenters. The Hall–Kier alpha value is -0.670. The molecular formula is C11H15ClN2O. The van der Waals surface area contributed by atoms with E-state index in [4.69, 9.17) is 16.3 Å². The minimum Gasteiger partial charge on any atom is -0.370 e. The molecule has 1 saturated carbocycles. The Bertz CT molecular complexity index is 320. The highest BCUT2D eigenvalue weighted by Gasteiger charge is 2.38. The number of halogens is 1. The van der Waals surface area contributed by atoms with Gasteiger partial charge < -0.3 is 4.74 Å². The number of ether oxygens (including phenoxy) is 1. The van der Waals surface area contributed by atoms with Gasteiger partial charge in [0, 0.05) is 25.1 Å². The van der Waals surface area contributed by atoms with E-state index in [1.165, 1.54) is 12.8 Å². The van der Waals surface area contributed by atoms with Crippen molar-refractivity contribution in [3.05, 3.63) is 23.8 Å². The van der Waals surface area contributed by atoms with Crippen LogP contribution in [0.25, 0.3) is 0 Å². The zero-order valence-corrected chi connectivity index (χ0v) is 9.63. The van der Waals surface area contributed by atoms with Gasteiger partial charge in [-0.25, -0.2) is 9.97 Å². The highest BCUT2D eigenvalue weighted by Crippen LogP contribution is 2.39. The summed E-state index contributed by atoms with van der Waals surface area (Å²) in [4.78, 5) is 8.71. The maximum absolute atomic E-state index is 5.70.